The first kappa shape index (κ1) is 12.4. The number of rotatable bonds is 2. The molecule has 0 fully saturated rings. The molecule has 0 aliphatic heterocycles. The number of hydrogen-bond donors (Lipinski definition) is 1. The van der Waals surface area contributed by atoms with Gasteiger partial charge in [0, 0.05) is 0 Å². The molecule has 0 amide bonds. The van der Waals surface area contributed by atoms with E-state index in [-0.39, 0.29) is 24.7 Å². The monoisotopic (exact) mass is 163 g/mol. The van der Waals surface area contributed by atoms with Gasteiger partial charge < -0.3 is 10.5 Å². The van der Waals surface area contributed by atoms with Gasteiger partial charge in [0.1, 0.15) is 5.60 Å². The first-order chi connectivity index (χ1) is 4.12. The maximum Gasteiger partial charge on any atom is 0.124 e. The minimum Gasteiger partial charge on any atom is -0.348 e. The molecule has 60 valence electrons. The number of nitrogens with two attached hydrogens (primary N) is 1. The second kappa shape index (κ2) is 5.55. The van der Waals surface area contributed by atoms with E-state index in [1.54, 1.807) is 6.92 Å². The van der Waals surface area contributed by atoms with Crippen LogP contribution in [0.2, 0.25) is 0 Å². The van der Waals surface area contributed by atoms with Crippen molar-refractivity contribution >= 4 is 12.4 Å². The van der Waals surface area contributed by atoms with Crippen molar-refractivity contribution in [2.45, 2.75) is 26.4 Å². The Morgan fingerprint density at radius 2 is 2.00 bits per heavy atom. The highest BCUT2D eigenvalue weighted by atomic mass is 35.5. The minimum atomic E-state index is -0.385. The quantitative estimate of drug-likeness (QED) is 0.490. The predicted molar refractivity (Wildman–Crippen MR) is 44.9 cm³/mol. The lowest BCUT2D eigenvalue weighted by atomic mass is 10.1. The highest BCUT2D eigenvalue weighted by molar-refractivity contribution is 5.85. The van der Waals surface area contributed by atoms with Gasteiger partial charge in [-0.2, -0.15) is 0 Å². The third-order valence-electron chi connectivity index (χ3n) is 0.870. The summed E-state index contributed by atoms with van der Waals surface area (Å²) in [5, 5.41) is 0. The van der Waals surface area contributed by atoms with Gasteiger partial charge in [-0.05, 0) is 20.8 Å². The van der Waals surface area contributed by atoms with Gasteiger partial charge in [-0.1, -0.05) is 5.92 Å². The van der Waals surface area contributed by atoms with Crippen LogP contribution in [0, 0.1) is 11.8 Å². The summed E-state index contributed by atoms with van der Waals surface area (Å²) in [6.45, 7) is 5.77. The fraction of sp³-hybridized carbons (Fsp3) is 0.714. The molecule has 3 heteroatoms. The molecule has 0 bridgehead atoms. The molecule has 0 spiro atoms. The van der Waals surface area contributed by atoms with Gasteiger partial charge in [0.15, 0.2) is 0 Å². The lowest BCUT2D eigenvalue weighted by Crippen LogP contribution is -2.25. The van der Waals surface area contributed by atoms with E-state index in [4.69, 9.17) is 10.5 Å². The Morgan fingerprint density at radius 1 is 1.50 bits per heavy atom. The van der Waals surface area contributed by atoms with Gasteiger partial charge in [-0.25, -0.2) is 0 Å². The van der Waals surface area contributed by atoms with Crippen molar-refractivity contribution in [1.82, 2.24) is 0 Å². The zero-order valence-corrected chi connectivity index (χ0v) is 7.42. The average molecular weight is 164 g/mol. The summed E-state index contributed by atoms with van der Waals surface area (Å²) in [6.07, 6.45) is 0. The van der Waals surface area contributed by atoms with Crippen molar-refractivity contribution in [2.75, 3.05) is 6.73 Å². The van der Waals surface area contributed by atoms with Crippen LogP contribution in [-0.4, -0.2) is 12.3 Å². The van der Waals surface area contributed by atoms with E-state index in [1.165, 1.54) is 0 Å². The third-order valence-corrected chi connectivity index (χ3v) is 0.870. The summed E-state index contributed by atoms with van der Waals surface area (Å²) in [5.74, 6) is 5.63. The van der Waals surface area contributed by atoms with Gasteiger partial charge in [0.05, 0.1) is 6.73 Å². The van der Waals surface area contributed by atoms with E-state index in [2.05, 4.69) is 11.8 Å². The zero-order valence-electron chi connectivity index (χ0n) is 6.60. The van der Waals surface area contributed by atoms with E-state index < -0.39 is 0 Å². The van der Waals surface area contributed by atoms with Crippen LogP contribution in [0.1, 0.15) is 20.8 Å². The van der Waals surface area contributed by atoms with Crippen LogP contribution in [0.25, 0.3) is 0 Å². The fourth-order valence-electron chi connectivity index (χ4n) is 0.545. The molecule has 2 N–H and O–H groups in total. The zero-order chi connectivity index (χ0) is 7.33. The van der Waals surface area contributed by atoms with Crippen LogP contribution < -0.4 is 5.73 Å². The molecular weight excluding hydrogens is 150 g/mol. The Bertz CT molecular complexity index is 134. The molecule has 2 nitrogen and oxygen atoms in total. The molecule has 0 saturated heterocycles. The smallest absolute Gasteiger partial charge is 0.124 e. The van der Waals surface area contributed by atoms with Gasteiger partial charge in [-0.3, -0.25) is 0 Å². The van der Waals surface area contributed by atoms with E-state index in [9.17, 15) is 0 Å². The summed E-state index contributed by atoms with van der Waals surface area (Å²) >= 11 is 0. The van der Waals surface area contributed by atoms with Crippen molar-refractivity contribution < 1.29 is 4.74 Å². The topological polar surface area (TPSA) is 35.2 Å². The minimum absolute atomic E-state index is 0. The molecule has 0 aromatic carbocycles. The number of hydrogen-bond acceptors (Lipinski definition) is 2. The van der Waals surface area contributed by atoms with Gasteiger partial charge in [0.25, 0.3) is 0 Å². The molecule has 0 rings (SSSR count). The standard InChI is InChI=1S/C7H13NO.ClH/c1-4-5-7(2,3)9-6-8;/h6,8H2,1-3H3;1H. The molecular formula is C7H14ClNO. The first-order valence-corrected chi connectivity index (χ1v) is 2.90. The van der Waals surface area contributed by atoms with Crippen molar-refractivity contribution in [3.8, 4) is 11.8 Å². The van der Waals surface area contributed by atoms with Crippen LogP contribution >= 0.6 is 12.4 Å². The summed E-state index contributed by atoms with van der Waals surface area (Å²) in [5.41, 5.74) is 4.77. The maximum atomic E-state index is 5.15. The Balaban J connectivity index is 0. The van der Waals surface area contributed by atoms with Crippen molar-refractivity contribution in [2.24, 2.45) is 5.73 Å². The Kier molecular flexibility index (Phi) is 6.90. The third kappa shape index (κ3) is 5.90. The second-order valence-electron chi connectivity index (χ2n) is 2.20. The highest BCUT2D eigenvalue weighted by Crippen LogP contribution is 2.04. The van der Waals surface area contributed by atoms with Gasteiger partial charge in [0.2, 0.25) is 0 Å². The van der Waals surface area contributed by atoms with E-state index in [1.807, 2.05) is 13.8 Å². The lowest BCUT2D eigenvalue weighted by molar-refractivity contribution is 0.0314. The normalized spacial score (nSPS) is 9.20. The Hall–Kier alpha value is -0.230. The molecule has 0 aliphatic carbocycles. The van der Waals surface area contributed by atoms with E-state index in [0.29, 0.717) is 0 Å². The Labute approximate surface area is 68.5 Å². The largest absolute Gasteiger partial charge is 0.348 e. The molecule has 0 radical (unpaired) electrons. The lowest BCUT2D eigenvalue weighted by Gasteiger charge is -2.16. The highest BCUT2D eigenvalue weighted by Gasteiger charge is 2.11. The summed E-state index contributed by atoms with van der Waals surface area (Å²) in [4.78, 5) is 0. The van der Waals surface area contributed by atoms with Crippen LogP contribution in [0.3, 0.4) is 0 Å². The molecule has 10 heavy (non-hydrogen) atoms. The average Bonchev–Trinajstić information content (AvgIpc) is 1.64. The summed E-state index contributed by atoms with van der Waals surface area (Å²) < 4.78 is 5.07. The van der Waals surface area contributed by atoms with Crippen molar-refractivity contribution in [3.05, 3.63) is 0 Å². The summed E-state index contributed by atoms with van der Waals surface area (Å²) in [6, 6.07) is 0. The molecule has 0 aromatic rings. The molecule has 0 heterocycles. The van der Waals surface area contributed by atoms with Crippen LogP contribution in [-0.2, 0) is 4.74 Å². The molecule has 0 saturated carbocycles. The number of halogens is 1. The van der Waals surface area contributed by atoms with E-state index >= 15 is 0 Å². The molecule has 0 unspecified atom stereocenters. The van der Waals surface area contributed by atoms with Crippen molar-refractivity contribution in [1.29, 1.82) is 0 Å². The second-order valence-corrected chi connectivity index (χ2v) is 2.20. The van der Waals surface area contributed by atoms with Crippen molar-refractivity contribution in [3.63, 3.8) is 0 Å². The summed E-state index contributed by atoms with van der Waals surface area (Å²) in [7, 11) is 0. The SMILES string of the molecule is CC#CC(C)(C)OCN.Cl. The molecule has 0 aromatic heterocycles. The fourth-order valence-corrected chi connectivity index (χ4v) is 0.545. The Morgan fingerprint density at radius 3 is 2.30 bits per heavy atom. The predicted octanol–water partition coefficient (Wildman–Crippen LogP) is 1.14. The first-order valence-electron chi connectivity index (χ1n) is 2.90. The molecule has 0 atom stereocenters. The number of ether oxygens (including phenoxy) is 1. The maximum absolute atomic E-state index is 5.15. The van der Waals surface area contributed by atoms with E-state index in [0.717, 1.165) is 0 Å². The van der Waals surface area contributed by atoms with Crippen LogP contribution in [0.15, 0.2) is 0 Å². The van der Waals surface area contributed by atoms with Crippen LogP contribution in [0.4, 0.5) is 0 Å². The van der Waals surface area contributed by atoms with Crippen LogP contribution in [0.5, 0.6) is 0 Å². The van der Waals surface area contributed by atoms with Gasteiger partial charge >= 0.3 is 0 Å². The molecule has 0 aliphatic rings. The van der Waals surface area contributed by atoms with Gasteiger partial charge in [-0.15, -0.1) is 18.3 Å².